The molecule has 0 bridgehead atoms. The van der Waals surface area contributed by atoms with Crippen LogP contribution in [0.15, 0.2) is 29.2 Å². The van der Waals surface area contributed by atoms with Gasteiger partial charge in [-0.2, -0.15) is 4.31 Å². The molecule has 1 aromatic heterocycles. The quantitative estimate of drug-likeness (QED) is 0.860. The number of nitrogens with zero attached hydrogens (tertiary/aromatic N) is 1. The largest absolute Gasteiger partial charge is 0.479 e. The molecule has 0 spiro atoms. The van der Waals surface area contributed by atoms with Gasteiger partial charge in [0.1, 0.15) is 4.90 Å². The summed E-state index contributed by atoms with van der Waals surface area (Å²) in [5.74, 6) is -1.90. The molecule has 1 aliphatic rings. The minimum atomic E-state index is -3.73. The molecule has 130 valence electrons. The molecule has 0 unspecified atom stereocenters. The Labute approximate surface area is 144 Å². The average molecular weight is 369 g/mol. The van der Waals surface area contributed by atoms with E-state index in [1.165, 1.54) is 15.6 Å². The van der Waals surface area contributed by atoms with Gasteiger partial charge in [-0.3, -0.25) is 0 Å². The van der Waals surface area contributed by atoms with Crippen LogP contribution in [0.1, 0.15) is 17.7 Å². The van der Waals surface area contributed by atoms with Crippen LogP contribution < -0.4 is 0 Å². The first-order valence-electron chi connectivity index (χ1n) is 7.71. The highest BCUT2D eigenvalue weighted by molar-refractivity contribution is 7.89. The number of rotatable bonds is 4. The predicted octanol–water partition coefficient (Wildman–Crippen LogP) is 2.06. The van der Waals surface area contributed by atoms with Crippen LogP contribution in [0.25, 0.3) is 10.1 Å². The molecule has 0 amide bonds. The van der Waals surface area contributed by atoms with Crippen LogP contribution in [0.2, 0.25) is 0 Å². The number of aliphatic hydroxyl groups excluding tert-OH is 1. The van der Waals surface area contributed by atoms with Crippen molar-refractivity contribution in [1.29, 1.82) is 0 Å². The number of carboxylic acid groups (broad SMARTS) is 1. The number of hydrogen-bond donors (Lipinski definition) is 2. The Kier molecular flexibility index (Phi) is 4.65. The number of carboxylic acids is 1. The van der Waals surface area contributed by atoms with Crippen LogP contribution in [0, 0.1) is 12.8 Å². The van der Waals surface area contributed by atoms with Gasteiger partial charge in [-0.15, -0.1) is 11.3 Å². The predicted molar refractivity (Wildman–Crippen MR) is 91.7 cm³/mol. The van der Waals surface area contributed by atoms with Crippen molar-refractivity contribution in [3.8, 4) is 0 Å². The zero-order valence-corrected chi connectivity index (χ0v) is 14.8. The van der Waals surface area contributed by atoms with E-state index in [9.17, 15) is 18.3 Å². The molecule has 3 rings (SSSR count). The monoisotopic (exact) mass is 369 g/mol. The van der Waals surface area contributed by atoms with E-state index in [-0.39, 0.29) is 6.54 Å². The highest BCUT2D eigenvalue weighted by atomic mass is 32.2. The van der Waals surface area contributed by atoms with E-state index >= 15 is 0 Å². The maximum absolute atomic E-state index is 13.1. The standard InChI is InChI=1S/C16H19NO5S2/c1-10-15(12-6-2-3-7-13(12)23-10)24(21,22)17-8-4-5-11(9-17)14(18)16(19)20/h2-3,6-7,11,14,18H,4-5,8-9H2,1H3,(H,19,20)/t11-,14-/m1/s1. The average Bonchev–Trinajstić information content (AvgIpc) is 2.90. The number of piperidine rings is 1. The van der Waals surface area contributed by atoms with E-state index in [2.05, 4.69) is 0 Å². The zero-order valence-electron chi connectivity index (χ0n) is 13.2. The molecule has 24 heavy (non-hydrogen) atoms. The Bertz CT molecular complexity index is 874. The number of hydrogen-bond acceptors (Lipinski definition) is 5. The van der Waals surface area contributed by atoms with E-state index in [1.807, 2.05) is 12.1 Å². The Morgan fingerprint density at radius 1 is 1.38 bits per heavy atom. The van der Waals surface area contributed by atoms with Gasteiger partial charge in [0.25, 0.3) is 0 Å². The lowest BCUT2D eigenvalue weighted by atomic mass is 9.94. The summed E-state index contributed by atoms with van der Waals surface area (Å²) in [6, 6.07) is 7.36. The molecule has 0 saturated carbocycles. The lowest BCUT2D eigenvalue weighted by molar-refractivity contribution is -0.150. The Morgan fingerprint density at radius 2 is 2.08 bits per heavy atom. The summed E-state index contributed by atoms with van der Waals surface area (Å²) in [7, 11) is -3.73. The summed E-state index contributed by atoms with van der Waals surface area (Å²) >= 11 is 1.43. The minimum absolute atomic E-state index is 0.0272. The van der Waals surface area contributed by atoms with Crippen LogP contribution in [-0.2, 0) is 14.8 Å². The molecule has 1 aromatic carbocycles. The zero-order chi connectivity index (χ0) is 17.5. The van der Waals surface area contributed by atoms with Gasteiger partial charge in [-0.25, -0.2) is 13.2 Å². The first kappa shape index (κ1) is 17.3. The van der Waals surface area contributed by atoms with Gasteiger partial charge in [-0.05, 0) is 25.8 Å². The fourth-order valence-corrected chi connectivity index (χ4v) is 6.54. The van der Waals surface area contributed by atoms with E-state index in [0.717, 1.165) is 9.58 Å². The molecule has 2 atom stereocenters. The molecular weight excluding hydrogens is 350 g/mol. The molecule has 2 N–H and O–H groups in total. The summed E-state index contributed by atoms with van der Waals surface area (Å²) in [5.41, 5.74) is 0. The van der Waals surface area contributed by atoms with Crippen LogP contribution in [0.4, 0.5) is 0 Å². The first-order chi connectivity index (χ1) is 11.3. The van der Waals surface area contributed by atoms with Crippen molar-refractivity contribution in [2.24, 2.45) is 5.92 Å². The van der Waals surface area contributed by atoms with E-state index < -0.39 is 28.0 Å². The third-order valence-corrected chi connectivity index (χ3v) is 7.70. The second kappa shape index (κ2) is 6.44. The van der Waals surface area contributed by atoms with Crippen LogP contribution >= 0.6 is 11.3 Å². The Balaban J connectivity index is 1.98. The summed E-state index contributed by atoms with van der Waals surface area (Å²) in [6.45, 7) is 2.15. The lowest BCUT2D eigenvalue weighted by Gasteiger charge is -2.33. The number of aliphatic hydroxyl groups is 1. The maximum Gasteiger partial charge on any atom is 0.332 e. The molecule has 0 aliphatic carbocycles. The highest BCUT2D eigenvalue weighted by Gasteiger charge is 2.37. The van der Waals surface area contributed by atoms with E-state index in [4.69, 9.17) is 5.11 Å². The van der Waals surface area contributed by atoms with Crippen molar-refractivity contribution >= 4 is 37.4 Å². The summed E-state index contributed by atoms with van der Waals surface area (Å²) < 4.78 is 28.5. The highest BCUT2D eigenvalue weighted by Crippen LogP contribution is 2.37. The fraction of sp³-hybridized carbons (Fsp3) is 0.438. The lowest BCUT2D eigenvalue weighted by Crippen LogP contribution is -2.45. The van der Waals surface area contributed by atoms with Gasteiger partial charge in [-0.1, -0.05) is 18.2 Å². The SMILES string of the molecule is Cc1sc2ccccc2c1S(=O)(=O)N1CCC[C@@H]([C@@H](O)C(=O)O)C1. The van der Waals surface area contributed by atoms with Gasteiger partial charge in [0, 0.05) is 34.0 Å². The van der Waals surface area contributed by atoms with E-state index in [1.54, 1.807) is 19.1 Å². The molecule has 2 aromatic rings. The number of aliphatic carboxylic acids is 1. The number of thiophene rings is 1. The number of sulfonamides is 1. The van der Waals surface area contributed by atoms with Gasteiger partial charge < -0.3 is 10.2 Å². The topological polar surface area (TPSA) is 94.9 Å². The minimum Gasteiger partial charge on any atom is -0.479 e. The van der Waals surface area contributed by atoms with E-state index in [0.29, 0.717) is 29.7 Å². The van der Waals surface area contributed by atoms with Gasteiger partial charge in [0.15, 0.2) is 6.10 Å². The molecule has 1 fully saturated rings. The second-order valence-electron chi connectivity index (χ2n) is 6.03. The van der Waals surface area contributed by atoms with Gasteiger partial charge in [0.2, 0.25) is 10.0 Å². The normalized spacial score (nSPS) is 21.0. The third kappa shape index (κ3) is 2.95. The summed E-state index contributed by atoms with van der Waals surface area (Å²) in [4.78, 5) is 12.0. The third-order valence-electron chi connectivity index (χ3n) is 4.43. The molecule has 1 aliphatic heterocycles. The van der Waals surface area contributed by atoms with Crippen molar-refractivity contribution in [3.05, 3.63) is 29.1 Å². The first-order valence-corrected chi connectivity index (χ1v) is 9.97. The van der Waals surface area contributed by atoms with Crippen molar-refractivity contribution < 1.29 is 23.4 Å². The summed E-state index contributed by atoms with van der Waals surface area (Å²) in [6.07, 6.45) is -0.499. The fourth-order valence-electron chi connectivity index (χ4n) is 3.25. The van der Waals surface area contributed by atoms with Crippen molar-refractivity contribution in [2.75, 3.05) is 13.1 Å². The molecular formula is C16H19NO5S2. The number of carbonyl (C=O) groups is 1. The smallest absolute Gasteiger partial charge is 0.332 e. The van der Waals surface area contributed by atoms with Crippen LogP contribution in [-0.4, -0.2) is 48.1 Å². The van der Waals surface area contributed by atoms with Gasteiger partial charge in [0.05, 0.1) is 0 Å². The molecule has 1 saturated heterocycles. The molecule has 0 radical (unpaired) electrons. The molecule has 2 heterocycles. The number of benzene rings is 1. The molecule has 6 nitrogen and oxygen atoms in total. The Hall–Kier alpha value is -1.48. The number of fused-ring (bicyclic) bond motifs is 1. The summed E-state index contributed by atoms with van der Waals surface area (Å²) in [5, 5.41) is 19.4. The van der Waals surface area contributed by atoms with Crippen molar-refractivity contribution in [3.63, 3.8) is 0 Å². The Morgan fingerprint density at radius 3 is 2.79 bits per heavy atom. The van der Waals surface area contributed by atoms with Crippen molar-refractivity contribution in [2.45, 2.75) is 30.8 Å². The van der Waals surface area contributed by atoms with Gasteiger partial charge >= 0.3 is 5.97 Å². The number of aryl methyl sites for hydroxylation is 1. The second-order valence-corrected chi connectivity index (χ2v) is 9.16. The maximum atomic E-state index is 13.1. The van der Waals surface area contributed by atoms with Crippen molar-refractivity contribution in [1.82, 2.24) is 4.31 Å². The molecule has 8 heteroatoms. The van der Waals surface area contributed by atoms with Crippen LogP contribution in [0.5, 0.6) is 0 Å². The van der Waals surface area contributed by atoms with Crippen LogP contribution in [0.3, 0.4) is 0 Å².